The van der Waals surface area contributed by atoms with Crippen LogP contribution in [0.5, 0.6) is 0 Å². The van der Waals surface area contributed by atoms with Gasteiger partial charge in [-0.2, -0.15) is 18.4 Å². The van der Waals surface area contributed by atoms with Gasteiger partial charge in [0.1, 0.15) is 5.56 Å². The van der Waals surface area contributed by atoms with Crippen molar-refractivity contribution >= 4 is 43.6 Å². The van der Waals surface area contributed by atoms with Gasteiger partial charge in [-0.15, -0.1) is 0 Å². The Morgan fingerprint density at radius 2 is 0.554 bits per heavy atom. The Hall–Kier alpha value is -12.3. The highest BCUT2D eigenvalue weighted by atomic mass is 19.4. The van der Waals surface area contributed by atoms with Gasteiger partial charge in [0.25, 0.3) is 0 Å². The Morgan fingerprint density at radius 1 is 0.272 bits per heavy atom. The lowest BCUT2D eigenvalue weighted by Crippen LogP contribution is -2.16. The lowest BCUT2D eigenvalue weighted by molar-refractivity contribution is -0.137. The third kappa shape index (κ3) is 10.0. The second-order valence-corrected chi connectivity index (χ2v) is 22.9. The van der Waals surface area contributed by atoms with Gasteiger partial charge in [-0.05, 0) is 106 Å². The van der Waals surface area contributed by atoms with Crippen molar-refractivity contribution in [3.8, 4) is 118 Å². The van der Waals surface area contributed by atoms with Crippen molar-refractivity contribution in [2.75, 3.05) is 0 Å². The normalized spacial score (nSPS) is 11.6. The maximum absolute atomic E-state index is 17.7. The summed E-state index contributed by atoms with van der Waals surface area (Å²) in [5, 5.41) is 13.4. The van der Waals surface area contributed by atoms with Crippen LogP contribution in [-0.4, -0.2) is 29.1 Å². The molecular weight excluding hydrogens is 1140 g/mol. The molecule has 16 aromatic rings. The van der Waals surface area contributed by atoms with Crippen LogP contribution < -0.4 is 0 Å². The molecule has 0 spiro atoms. The summed E-state index contributed by atoms with van der Waals surface area (Å²) in [6, 6.07) is 92.1. The van der Waals surface area contributed by atoms with Crippen molar-refractivity contribution in [2.24, 2.45) is 0 Å². The molecule has 434 valence electrons. The summed E-state index contributed by atoms with van der Waals surface area (Å²) in [6.45, 7) is 0. The first-order valence-electron chi connectivity index (χ1n) is 30.2. The van der Waals surface area contributed by atoms with E-state index in [2.05, 4.69) is 6.07 Å². The molecule has 0 aliphatic heterocycles. The third-order valence-electron chi connectivity index (χ3n) is 17.4. The largest absolute Gasteiger partial charge is 0.420 e. The monoisotopic (exact) mass is 1190 g/mol. The molecule has 10 heteroatoms. The summed E-state index contributed by atoms with van der Waals surface area (Å²) in [6.07, 6.45) is 2.27. The highest BCUT2D eigenvalue weighted by molar-refractivity contribution is 6.13. The number of hydrogen-bond donors (Lipinski definition) is 0. The molecule has 0 saturated carbocycles. The second-order valence-electron chi connectivity index (χ2n) is 22.9. The zero-order valence-electron chi connectivity index (χ0n) is 49.1. The summed E-state index contributed by atoms with van der Waals surface area (Å²) in [5.74, 6) is 0. The summed E-state index contributed by atoms with van der Waals surface area (Å²) >= 11 is 0. The van der Waals surface area contributed by atoms with Crippen LogP contribution >= 0.6 is 0 Å². The molecule has 0 radical (unpaired) electrons. The molecule has 0 bridgehead atoms. The van der Waals surface area contributed by atoms with Gasteiger partial charge < -0.3 is 9.13 Å². The van der Waals surface area contributed by atoms with Crippen molar-refractivity contribution in [1.29, 1.82) is 5.26 Å². The fourth-order valence-electron chi connectivity index (χ4n) is 12.8. The van der Waals surface area contributed by atoms with Gasteiger partial charge in [0.2, 0.25) is 0 Å². The number of nitriles is 1. The van der Waals surface area contributed by atoms with E-state index >= 15 is 13.2 Å². The van der Waals surface area contributed by atoms with E-state index < -0.39 is 11.7 Å². The summed E-state index contributed by atoms with van der Waals surface area (Å²) < 4.78 is 56.8. The molecule has 0 N–H and O–H groups in total. The predicted octanol–water partition coefficient (Wildman–Crippen LogP) is 21.4. The quantitative estimate of drug-likeness (QED) is 0.129. The van der Waals surface area contributed by atoms with Crippen LogP contribution in [0.25, 0.3) is 156 Å². The SMILES string of the molecule is N#Cc1cccc(-c2cc(-n3c4cc(-c5ccc(-c6ccccc6)nc5)ccc4c4ccc(-c5ccc(-c6ccccc6)nc5)cc43)c(C(F)(F)F)c(-n3c4cc(-c5ccc(-c6ccccc6)nc5)ccc4c4ccc(-c5ccc(-c6ccccc6)nc5)cc43)c2)c1. The van der Waals surface area contributed by atoms with Crippen molar-refractivity contribution in [1.82, 2.24) is 29.1 Å². The van der Waals surface area contributed by atoms with Crippen molar-refractivity contribution < 1.29 is 13.2 Å². The van der Waals surface area contributed by atoms with E-state index in [1.807, 2.05) is 274 Å². The Bertz CT molecular complexity index is 4920. The Balaban J connectivity index is 0.982. The van der Waals surface area contributed by atoms with Gasteiger partial charge in [0.15, 0.2) is 0 Å². The van der Waals surface area contributed by atoms with E-state index in [4.69, 9.17) is 19.9 Å². The van der Waals surface area contributed by atoms with Gasteiger partial charge in [-0.25, -0.2) is 0 Å². The molecule has 0 amide bonds. The molecule has 0 aliphatic carbocycles. The number of benzene rings is 10. The standard InChI is InChI=1S/C82H50F3N7/c83-82(84,85)81-79(91-75-41-58(62-28-36-71(87-48-62)53-15-5-1-6-16-53)24-32-67(75)68-33-25-59(42-76(68)91)63-29-37-72(88-49-63)54-17-7-2-8-18-54)45-66(57-23-13-14-52(40-57)47-86)46-80(81)92-77-43-60(64-30-38-73(89-50-64)55-19-9-3-10-20-55)26-34-69(77)70-35-27-61(44-78(70)92)65-31-39-74(90-51-65)56-21-11-4-12-22-56/h1-46,48-51H. The highest BCUT2D eigenvalue weighted by Gasteiger charge is 2.40. The molecule has 92 heavy (non-hydrogen) atoms. The first kappa shape index (κ1) is 55.0. The zero-order valence-corrected chi connectivity index (χ0v) is 49.1. The number of nitrogens with zero attached hydrogens (tertiary/aromatic N) is 7. The molecular formula is C82H50F3N7. The molecule has 10 aromatic carbocycles. The number of pyridine rings is 4. The van der Waals surface area contributed by atoms with Gasteiger partial charge in [0.05, 0.1) is 67.8 Å². The molecule has 6 aromatic heterocycles. The second kappa shape index (κ2) is 22.7. The predicted molar refractivity (Wildman–Crippen MR) is 365 cm³/mol. The molecule has 0 unspecified atom stereocenters. The van der Waals surface area contributed by atoms with E-state index in [-0.39, 0.29) is 11.4 Å². The minimum Gasteiger partial charge on any atom is -0.308 e. The molecule has 6 heterocycles. The van der Waals surface area contributed by atoms with Crippen LogP contribution in [0.2, 0.25) is 0 Å². The van der Waals surface area contributed by atoms with Gasteiger partial charge in [0, 0.05) is 90.8 Å². The summed E-state index contributed by atoms with van der Waals surface area (Å²) in [7, 11) is 0. The minimum absolute atomic E-state index is 0.111. The first-order valence-corrected chi connectivity index (χ1v) is 30.2. The molecule has 7 nitrogen and oxygen atoms in total. The van der Waals surface area contributed by atoms with Gasteiger partial charge in [-0.3, -0.25) is 19.9 Å². The number of alkyl halides is 3. The van der Waals surface area contributed by atoms with E-state index in [1.54, 1.807) is 39.5 Å². The van der Waals surface area contributed by atoms with Crippen LogP contribution in [0.1, 0.15) is 11.1 Å². The molecule has 0 fully saturated rings. The van der Waals surface area contributed by atoms with E-state index in [9.17, 15) is 5.26 Å². The first-order chi connectivity index (χ1) is 45.2. The number of aromatic nitrogens is 6. The summed E-state index contributed by atoms with van der Waals surface area (Å²) in [5.41, 5.74) is 15.7. The highest BCUT2D eigenvalue weighted by Crippen LogP contribution is 2.48. The number of rotatable bonds is 11. The fraction of sp³-hybridized carbons (Fsp3) is 0.0122. The number of fused-ring (bicyclic) bond motifs is 6. The molecule has 16 rings (SSSR count). The lowest BCUT2D eigenvalue weighted by atomic mass is 9.97. The zero-order chi connectivity index (χ0) is 61.9. The Morgan fingerprint density at radius 3 is 0.826 bits per heavy atom. The maximum Gasteiger partial charge on any atom is 0.420 e. The average Bonchev–Trinajstić information content (AvgIpc) is 1.53. The fourth-order valence-corrected chi connectivity index (χ4v) is 12.8. The topological polar surface area (TPSA) is 85.2 Å². The molecule has 0 saturated heterocycles. The van der Waals surface area contributed by atoms with Crippen molar-refractivity contribution in [3.63, 3.8) is 0 Å². The maximum atomic E-state index is 17.7. The van der Waals surface area contributed by atoms with Crippen LogP contribution in [0.15, 0.2) is 304 Å². The van der Waals surface area contributed by atoms with Gasteiger partial charge in [-0.1, -0.05) is 206 Å². The number of halogens is 3. The van der Waals surface area contributed by atoms with E-state index in [0.717, 1.165) is 111 Å². The van der Waals surface area contributed by atoms with Crippen LogP contribution in [0, 0.1) is 11.3 Å². The van der Waals surface area contributed by atoms with E-state index in [0.29, 0.717) is 38.8 Å². The molecule has 0 atom stereocenters. The van der Waals surface area contributed by atoms with Crippen LogP contribution in [0.4, 0.5) is 13.2 Å². The minimum atomic E-state index is -4.99. The van der Waals surface area contributed by atoms with Crippen molar-refractivity contribution in [3.05, 3.63) is 315 Å². The van der Waals surface area contributed by atoms with Gasteiger partial charge >= 0.3 is 6.18 Å². The Labute approximate surface area is 527 Å². The number of hydrogen-bond acceptors (Lipinski definition) is 5. The lowest BCUT2D eigenvalue weighted by Gasteiger charge is -2.23. The third-order valence-corrected chi connectivity index (χ3v) is 17.4. The molecule has 0 aliphatic rings. The Kier molecular flexibility index (Phi) is 13.6. The van der Waals surface area contributed by atoms with Crippen LogP contribution in [0.3, 0.4) is 0 Å². The van der Waals surface area contributed by atoms with Crippen molar-refractivity contribution in [2.45, 2.75) is 6.18 Å². The van der Waals surface area contributed by atoms with Crippen LogP contribution in [-0.2, 0) is 6.18 Å². The van der Waals surface area contributed by atoms with E-state index in [1.165, 1.54) is 0 Å². The summed E-state index contributed by atoms with van der Waals surface area (Å²) in [4.78, 5) is 19.5. The smallest absolute Gasteiger partial charge is 0.308 e. The average molecular weight is 1190 g/mol.